The summed E-state index contributed by atoms with van der Waals surface area (Å²) < 4.78 is 13.0. The molecule has 0 spiro atoms. The molecule has 32 heavy (non-hydrogen) atoms. The van der Waals surface area contributed by atoms with Gasteiger partial charge in [0, 0.05) is 37.3 Å². The number of nitrogens with zero attached hydrogens (tertiary/aromatic N) is 4. The first kappa shape index (κ1) is 20.8. The molecule has 8 nitrogen and oxygen atoms in total. The summed E-state index contributed by atoms with van der Waals surface area (Å²) in [5.41, 5.74) is 6.81. The number of primary amides is 1. The van der Waals surface area contributed by atoms with Crippen LogP contribution in [0.2, 0.25) is 0 Å². The maximum atomic E-state index is 9.22. The monoisotopic (exact) mass is 451 g/mol. The van der Waals surface area contributed by atoms with E-state index in [1.54, 1.807) is 12.4 Å². The Morgan fingerprint density at radius 3 is 2.78 bits per heavy atom. The molecule has 2 aliphatic rings. The lowest BCUT2D eigenvalue weighted by molar-refractivity contribution is -0.115. The Bertz CT molecular complexity index is 1200. The molecule has 6 heterocycles. The maximum Gasteiger partial charge on any atom is 0.281 e. The number of aromatic nitrogens is 3. The maximum absolute atomic E-state index is 9.22. The van der Waals surface area contributed by atoms with Gasteiger partial charge in [-0.2, -0.15) is 4.98 Å². The molecule has 2 aliphatic heterocycles. The third-order valence-corrected chi connectivity index (χ3v) is 6.82. The van der Waals surface area contributed by atoms with Crippen LogP contribution in [-0.4, -0.2) is 37.8 Å². The summed E-state index contributed by atoms with van der Waals surface area (Å²) in [4.78, 5) is 25.0. The van der Waals surface area contributed by atoms with E-state index in [4.69, 9.17) is 9.15 Å². The number of hydrogen-bond donors (Lipinski definition) is 1. The second kappa shape index (κ2) is 8.84. The second-order valence-electron chi connectivity index (χ2n) is 8.27. The van der Waals surface area contributed by atoms with Gasteiger partial charge < -0.3 is 14.9 Å². The highest BCUT2D eigenvalue weighted by molar-refractivity contribution is 7.20. The molecule has 2 N–H and O–H groups in total. The minimum atomic E-state index is -0.333. The average Bonchev–Trinajstić information content (AvgIpc) is 3.40. The quantitative estimate of drug-likeness (QED) is 0.482. The van der Waals surface area contributed by atoms with Gasteiger partial charge in [0.25, 0.3) is 5.19 Å². The van der Waals surface area contributed by atoms with E-state index in [0.29, 0.717) is 16.6 Å². The molecule has 1 amide bonds. The van der Waals surface area contributed by atoms with E-state index >= 15 is 0 Å². The first-order valence-electron chi connectivity index (χ1n) is 10.8. The van der Waals surface area contributed by atoms with Gasteiger partial charge in [0.1, 0.15) is 11.3 Å². The first-order valence-corrected chi connectivity index (χ1v) is 11.7. The normalized spacial score (nSPS) is 20.3. The molecule has 2 bridgehead atoms. The molecule has 2 fully saturated rings. The second-order valence-corrected chi connectivity index (χ2v) is 9.27. The van der Waals surface area contributed by atoms with Crippen molar-refractivity contribution in [3.8, 4) is 10.9 Å². The smallest absolute Gasteiger partial charge is 0.281 e. The Morgan fingerprint density at radius 1 is 1.25 bits per heavy atom. The standard InChI is InChI=1S/C21H20N4O2S.C2H5NO/c1-3-13-6-7-14(4-1)25(13)12-16-9-17-18(26-16)10-15(11-23-17)27-21-24-20-19(28-21)5-2-8-22-20;1-2(3)4/h2,5,8-11,13-14H,1,3-4,6-7,12H2;1H3,(H2,3,4)/t13-,14+;. The molecule has 0 saturated carbocycles. The summed E-state index contributed by atoms with van der Waals surface area (Å²) in [5, 5.41) is 0.562. The number of carbonyl (C=O) groups excluding carboxylic acids is 1. The molecule has 9 heteroatoms. The van der Waals surface area contributed by atoms with Crippen LogP contribution in [0, 0.1) is 0 Å². The number of hydrogen-bond acceptors (Lipinski definition) is 8. The predicted molar refractivity (Wildman–Crippen MR) is 123 cm³/mol. The number of furan rings is 1. The van der Waals surface area contributed by atoms with Crippen molar-refractivity contribution in [3.63, 3.8) is 0 Å². The van der Waals surface area contributed by atoms with Crippen LogP contribution in [0.25, 0.3) is 21.4 Å². The Hall–Kier alpha value is -3.04. The first-order chi connectivity index (χ1) is 15.5. The van der Waals surface area contributed by atoms with Gasteiger partial charge in [-0.05, 0) is 37.8 Å². The highest BCUT2D eigenvalue weighted by Gasteiger charge is 2.36. The van der Waals surface area contributed by atoms with Gasteiger partial charge in [0.2, 0.25) is 5.91 Å². The van der Waals surface area contributed by atoms with E-state index < -0.39 is 0 Å². The van der Waals surface area contributed by atoms with Crippen LogP contribution in [-0.2, 0) is 11.3 Å². The van der Waals surface area contributed by atoms with E-state index in [1.807, 2.05) is 18.2 Å². The van der Waals surface area contributed by atoms with Gasteiger partial charge in [0.15, 0.2) is 17.0 Å². The number of thiazole rings is 1. The number of piperidine rings is 1. The van der Waals surface area contributed by atoms with Crippen LogP contribution in [0.4, 0.5) is 0 Å². The van der Waals surface area contributed by atoms with Crippen LogP contribution in [0.5, 0.6) is 10.9 Å². The van der Waals surface area contributed by atoms with Gasteiger partial charge in [-0.3, -0.25) is 9.69 Å². The average molecular weight is 452 g/mol. The zero-order chi connectivity index (χ0) is 22.1. The lowest BCUT2D eigenvalue weighted by Crippen LogP contribution is -2.38. The number of amides is 1. The predicted octanol–water partition coefficient (Wildman–Crippen LogP) is 4.63. The van der Waals surface area contributed by atoms with Crippen molar-refractivity contribution >= 4 is 38.7 Å². The minimum Gasteiger partial charge on any atom is -0.458 e. The Kier molecular flexibility index (Phi) is 5.75. The summed E-state index contributed by atoms with van der Waals surface area (Å²) >= 11 is 1.47. The summed E-state index contributed by atoms with van der Waals surface area (Å²) in [5.74, 6) is 1.29. The van der Waals surface area contributed by atoms with Crippen molar-refractivity contribution in [2.45, 2.75) is 57.7 Å². The molecule has 0 unspecified atom stereocenters. The molecular weight excluding hydrogens is 426 g/mol. The van der Waals surface area contributed by atoms with Gasteiger partial charge in [-0.15, -0.1) is 0 Å². The number of carbonyl (C=O) groups is 1. The molecule has 4 aromatic rings. The lowest BCUT2D eigenvalue weighted by Gasteiger charge is -2.33. The SMILES string of the molecule is CC(N)=O.c1cnc2nc(Oc3cnc4cc(CN5[C@@H]6CCC[C@H]5CC6)oc4c3)sc2c1. The van der Waals surface area contributed by atoms with Crippen molar-refractivity contribution < 1.29 is 13.9 Å². The zero-order valence-corrected chi connectivity index (χ0v) is 18.7. The Balaban J connectivity index is 0.000000501. The van der Waals surface area contributed by atoms with E-state index in [9.17, 15) is 4.79 Å². The van der Waals surface area contributed by atoms with Crippen LogP contribution >= 0.6 is 11.3 Å². The number of ether oxygens (including phenoxy) is 1. The molecule has 166 valence electrons. The molecule has 0 aromatic carbocycles. The van der Waals surface area contributed by atoms with Crippen LogP contribution < -0.4 is 10.5 Å². The fraction of sp³-hybridized carbons (Fsp3) is 0.391. The minimum absolute atomic E-state index is 0.333. The molecule has 4 aromatic heterocycles. The topological polar surface area (TPSA) is 107 Å². The van der Waals surface area contributed by atoms with Gasteiger partial charge in [-0.25, -0.2) is 9.97 Å². The fourth-order valence-electron chi connectivity index (χ4n) is 4.64. The highest BCUT2D eigenvalue weighted by Crippen LogP contribution is 2.37. The molecule has 6 rings (SSSR count). The molecular formula is C23H25N5O3S. The van der Waals surface area contributed by atoms with E-state index in [2.05, 4.69) is 31.7 Å². The summed E-state index contributed by atoms with van der Waals surface area (Å²) in [6, 6.07) is 9.31. The van der Waals surface area contributed by atoms with Crippen molar-refractivity contribution in [1.82, 2.24) is 19.9 Å². The Morgan fingerprint density at radius 2 is 2.03 bits per heavy atom. The van der Waals surface area contributed by atoms with E-state index in [-0.39, 0.29) is 5.91 Å². The summed E-state index contributed by atoms with van der Waals surface area (Å²) in [6.07, 6.45) is 10.1. The van der Waals surface area contributed by atoms with E-state index in [1.165, 1.54) is 50.4 Å². The third-order valence-electron chi connectivity index (χ3n) is 5.93. The van der Waals surface area contributed by atoms with Gasteiger partial charge in [-0.1, -0.05) is 17.8 Å². The van der Waals surface area contributed by atoms with Crippen molar-refractivity contribution in [1.29, 1.82) is 0 Å². The van der Waals surface area contributed by atoms with Crippen LogP contribution in [0.3, 0.4) is 0 Å². The number of pyridine rings is 2. The van der Waals surface area contributed by atoms with Gasteiger partial charge >= 0.3 is 0 Å². The number of fused-ring (bicyclic) bond motifs is 4. The highest BCUT2D eigenvalue weighted by atomic mass is 32.1. The van der Waals surface area contributed by atoms with Crippen LogP contribution in [0.15, 0.2) is 41.1 Å². The molecule has 2 atom stereocenters. The van der Waals surface area contributed by atoms with Crippen molar-refractivity contribution in [2.75, 3.05) is 0 Å². The largest absolute Gasteiger partial charge is 0.458 e. The molecule has 0 radical (unpaired) electrons. The van der Waals surface area contributed by atoms with Crippen molar-refractivity contribution in [2.24, 2.45) is 5.73 Å². The summed E-state index contributed by atoms with van der Waals surface area (Å²) in [7, 11) is 0. The van der Waals surface area contributed by atoms with Crippen molar-refractivity contribution in [3.05, 3.63) is 42.4 Å². The Labute approximate surface area is 189 Å². The lowest BCUT2D eigenvalue weighted by atomic mass is 10.0. The van der Waals surface area contributed by atoms with Crippen LogP contribution in [0.1, 0.15) is 44.8 Å². The molecule has 2 saturated heterocycles. The molecule has 0 aliphatic carbocycles. The number of nitrogens with two attached hydrogens (primary N) is 1. The van der Waals surface area contributed by atoms with E-state index in [0.717, 1.165) is 40.2 Å². The zero-order valence-electron chi connectivity index (χ0n) is 17.9. The fourth-order valence-corrected chi connectivity index (χ4v) is 5.43. The number of rotatable bonds is 4. The van der Waals surface area contributed by atoms with Gasteiger partial charge in [0.05, 0.1) is 17.4 Å². The summed E-state index contributed by atoms with van der Waals surface area (Å²) in [6.45, 7) is 2.19. The third kappa shape index (κ3) is 4.44.